The molecule has 1 amide bonds. The number of fused-ring (bicyclic) bond motifs is 1. The summed E-state index contributed by atoms with van der Waals surface area (Å²) in [5.41, 5.74) is 2.14. The molecule has 3 heterocycles. The van der Waals surface area contributed by atoms with Crippen molar-refractivity contribution >= 4 is 23.1 Å². The van der Waals surface area contributed by atoms with E-state index < -0.39 is 0 Å². The van der Waals surface area contributed by atoms with Crippen LogP contribution in [0.4, 0.5) is 11.5 Å². The molecule has 0 bridgehead atoms. The van der Waals surface area contributed by atoms with Crippen molar-refractivity contribution in [3.8, 4) is 0 Å². The first kappa shape index (κ1) is 21.1. The van der Waals surface area contributed by atoms with Crippen LogP contribution in [0.1, 0.15) is 51.0 Å². The van der Waals surface area contributed by atoms with Gasteiger partial charge >= 0.3 is 5.69 Å². The summed E-state index contributed by atoms with van der Waals surface area (Å²) in [6.07, 6.45) is 11.2. The van der Waals surface area contributed by atoms with Gasteiger partial charge in [0.05, 0.1) is 0 Å². The summed E-state index contributed by atoms with van der Waals surface area (Å²) in [7, 11) is 0. The van der Waals surface area contributed by atoms with Crippen LogP contribution in [-0.4, -0.2) is 38.2 Å². The number of aryl methyl sites for hydroxylation is 1. The Labute approximate surface area is 181 Å². The van der Waals surface area contributed by atoms with E-state index in [1.807, 2.05) is 24.3 Å². The van der Waals surface area contributed by atoms with Crippen LogP contribution < -0.4 is 15.9 Å². The highest BCUT2D eigenvalue weighted by Gasteiger charge is 2.19. The van der Waals surface area contributed by atoms with Gasteiger partial charge in [-0.25, -0.2) is 18.9 Å². The molecule has 1 aromatic carbocycles. The van der Waals surface area contributed by atoms with Gasteiger partial charge in [-0.05, 0) is 43.4 Å². The number of unbranched alkanes of at least 4 members (excludes halogenated alkanes) is 1. The molecule has 1 aliphatic heterocycles. The third-order valence-electron chi connectivity index (χ3n) is 5.74. The summed E-state index contributed by atoms with van der Waals surface area (Å²) in [4.78, 5) is 32.0. The van der Waals surface area contributed by atoms with Crippen LogP contribution in [0.3, 0.4) is 0 Å². The van der Waals surface area contributed by atoms with E-state index >= 15 is 0 Å². The standard InChI is InChI=1S/C23H30N6O2/c1-2-3-8-18-9-11-19(12-10-18)25-20(30)17-29-23(31)28-16-13-24-21(22(28)26-29)27-14-6-4-5-7-15-27/h9-13,16H,2-8,14-15,17H2,1H3,(H,25,30). The van der Waals surface area contributed by atoms with E-state index in [1.165, 1.54) is 27.5 Å². The molecular weight excluding hydrogens is 392 g/mol. The maximum Gasteiger partial charge on any atom is 0.350 e. The molecule has 1 N–H and O–H groups in total. The second kappa shape index (κ2) is 9.76. The molecule has 0 aliphatic carbocycles. The third kappa shape index (κ3) is 4.95. The van der Waals surface area contributed by atoms with Gasteiger partial charge in [0.25, 0.3) is 0 Å². The van der Waals surface area contributed by atoms with Crippen LogP contribution in [0.25, 0.3) is 5.65 Å². The van der Waals surface area contributed by atoms with Crippen LogP contribution in [0, 0.1) is 0 Å². The van der Waals surface area contributed by atoms with Crippen LogP contribution in [0.5, 0.6) is 0 Å². The molecule has 8 heteroatoms. The minimum atomic E-state index is -0.335. The number of rotatable bonds is 7. The molecule has 164 valence electrons. The van der Waals surface area contributed by atoms with Gasteiger partial charge < -0.3 is 10.2 Å². The second-order valence-electron chi connectivity index (χ2n) is 8.13. The Morgan fingerprint density at radius 2 is 1.84 bits per heavy atom. The van der Waals surface area contributed by atoms with Crippen molar-refractivity contribution in [1.29, 1.82) is 0 Å². The maximum atomic E-state index is 12.8. The molecule has 0 radical (unpaired) electrons. The van der Waals surface area contributed by atoms with Gasteiger partial charge in [0, 0.05) is 31.2 Å². The Hall–Kier alpha value is -3.16. The van der Waals surface area contributed by atoms with E-state index in [4.69, 9.17) is 0 Å². The van der Waals surface area contributed by atoms with Gasteiger partial charge in [0.15, 0.2) is 5.82 Å². The van der Waals surface area contributed by atoms with Crippen molar-refractivity contribution in [3.63, 3.8) is 0 Å². The predicted molar refractivity (Wildman–Crippen MR) is 122 cm³/mol. The highest BCUT2D eigenvalue weighted by molar-refractivity contribution is 5.90. The lowest BCUT2D eigenvalue weighted by Gasteiger charge is -2.20. The lowest BCUT2D eigenvalue weighted by Crippen LogP contribution is -2.28. The number of carbonyl (C=O) groups is 1. The Balaban J connectivity index is 1.49. The number of hydrogen-bond acceptors (Lipinski definition) is 5. The average Bonchev–Trinajstić information content (AvgIpc) is 2.95. The Bertz CT molecular complexity index is 1080. The number of nitrogens with zero attached hydrogens (tertiary/aromatic N) is 5. The highest BCUT2D eigenvalue weighted by atomic mass is 16.2. The van der Waals surface area contributed by atoms with Crippen LogP contribution in [-0.2, 0) is 17.8 Å². The van der Waals surface area contributed by atoms with Crippen molar-refractivity contribution in [1.82, 2.24) is 19.2 Å². The van der Waals surface area contributed by atoms with Crippen LogP contribution in [0.2, 0.25) is 0 Å². The summed E-state index contributed by atoms with van der Waals surface area (Å²) in [6.45, 7) is 3.84. The lowest BCUT2D eigenvalue weighted by molar-refractivity contribution is -0.117. The Kier molecular flexibility index (Phi) is 6.64. The van der Waals surface area contributed by atoms with Gasteiger partial charge in [0.2, 0.25) is 11.6 Å². The molecule has 0 saturated carbocycles. The van der Waals surface area contributed by atoms with Gasteiger partial charge in [-0.1, -0.05) is 38.3 Å². The van der Waals surface area contributed by atoms with Gasteiger partial charge in [-0.15, -0.1) is 5.10 Å². The molecule has 0 unspecified atom stereocenters. The monoisotopic (exact) mass is 422 g/mol. The fourth-order valence-corrected chi connectivity index (χ4v) is 4.02. The van der Waals surface area contributed by atoms with Gasteiger partial charge in [-0.2, -0.15) is 0 Å². The van der Waals surface area contributed by atoms with Crippen molar-refractivity contribution < 1.29 is 4.79 Å². The number of carbonyl (C=O) groups excluding carboxylic acids is 1. The first-order valence-corrected chi connectivity index (χ1v) is 11.2. The maximum absolute atomic E-state index is 12.8. The number of benzene rings is 1. The van der Waals surface area contributed by atoms with E-state index in [2.05, 4.69) is 27.2 Å². The molecule has 1 saturated heterocycles. The summed E-state index contributed by atoms with van der Waals surface area (Å²) >= 11 is 0. The summed E-state index contributed by atoms with van der Waals surface area (Å²) in [5, 5.41) is 7.31. The third-order valence-corrected chi connectivity index (χ3v) is 5.74. The van der Waals surface area contributed by atoms with E-state index in [9.17, 15) is 9.59 Å². The Morgan fingerprint density at radius 3 is 2.55 bits per heavy atom. The molecule has 3 aromatic rings. The van der Waals surface area contributed by atoms with E-state index in [1.54, 1.807) is 12.4 Å². The van der Waals surface area contributed by atoms with Crippen LogP contribution in [0.15, 0.2) is 41.5 Å². The smallest absolute Gasteiger partial charge is 0.350 e. The number of hydrogen-bond donors (Lipinski definition) is 1. The molecule has 31 heavy (non-hydrogen) atoms. The second-order valence-corrected chi connectivity index (χ2v) is 8.13. The number of anilines is 2. The fourth-order valence-electron chi connectivity index (χ4n) is 4.02. The van der Waals surface area contributed by atoms with Crippen molar-refractivity contribution in [3.05, 3.63) is 52.7 Å². The number of amides is 1. The summed E-state index contributed by atoms with van der Waals surface area (Å²) in [6, 6.07) is 7.86. The molecule has 0 atom stereocenters. The number of nitrogens with one attached hydrogen (secondary N) is 1. The van der Waals surface area contributed by atoms with Crippen molar-refractivity contribution in [2.45, 2.75) is 58.4 Å². The van der Waals surface area contributed by atoms with Crippen molar-refractivity contribution in [2.75, 3.05) is 23.3 Å². The molecule has 0 spiro atoms. The lowest BCUT2D eigenvalue weighted by atomic mass is 10.1. The highest BCUT2D eigenvalue weighted by Crippen LogP contribution is 2.20. The molecule has 4 rings (SSSR count). The van der Waals surface area contributed by atoms with E-state index in [0.29, 0.717) is 17.2 Å². The predicted octanol–water partition coefficient (Wildman–Crippen LogP) is 3.25. The fraction of sp³-hybridized carbons (Fsp3) is 0.478. The molecule has 1 fully saturated rings. The number of aromatic nitrogens is 4. The topological polar surface area (TPSA) is 84.5 Å². The van der Waals surface area contributed by atoms with E-state index in [0.717, 1.165) is 45.2 Å². The zero-order chi connectivity index (χ0) is 21.6. The first-order valence-electron chi connectivity index (χ1n) is 11.2. The normalized spacial score (nSPS) is 14.5. The summed E-state index contributed by atoms with van der Waals surface area (Å²) < 4.78 is 2.69. The Morgan fingerprint density at radius 1 is 1.10 bits per heavy atom. The molecule has 2 aromatic heterocycles. The summed E-state index contributed by atoms with van der Waals surface area (Å²) in [5.74, 6) is 0.430. The largest absolute Gasteiger partial charge is 0.353 e. The molecular formula is C23H30N6O2. The van der Waals surface area contributed by atoms with E-state index in [-0.39, 0.29) is 18.1 Å². The minimum absolute atomic E-state index is 0.141. The van der Waals surface area contributed by atoms with Gasteiger partial charge in [0.1, 0.15) is 6.54 Å². The molecule has 8 nitrogen and oxygen atoms in total. The molecule has 1 aliphatic rings. The zero-order valence-corrected chi connectivity index (χ0v) is 18.1. The first-order chi connectivity index (χ1) is 15.2. The average molecular weight is 423 g/mol. The minimum Gasteiger partial charge on any atom is -0.353 e. The SMILES string of the molecule is CCCCc1ccc(NC(=O)Cn2nc3c(N4CCCCCC4)nccn3c2=O)cc1. The van der Waals surface area contributed by atoms with Crippen molar-refractivity contribution in [2.24, 2.45) is 0 Å². The quantitative estimate of drug-likeness (QED) is 0.632. The van der Waals surface area contributed by atoms with Gasteiger partial charge in [-0.3, -0.25) is 4.79 Å². The zero-order valence-electron chi connectivity index (χ0n) is 18.1. The van der Waals surface area contributed by atoms with Crippen LogP contribution >= 0.6 is 0 Å².